The van der Waals surface area contributed by atoms with Crippen molar-refractivity contribution in [3.8, 4) is 0 Å². The van der Waals surface area contributed by atoms with Crippen LogP contribution < -0.4 is 5.84 Å². The van der Waals surface area contributed by atoms with E-state index >= 15 is 0 Å². The van der Waals surface area contributed by atoms with Gasteiger partial charge in [0.05, 0.1) is 0 Å². The standard InChI is InChI=1S/C8H16N4S/c1-3-5-7-10-11-8(12(7)9)13-6-4-2/h3-6,9H2,1-2H3. The second kappa shape index (κ2) is 5.11. The molecule has 2 N–H and O–H groups in total. The topological polar surface area (TPSA) is 56.7 Å². The van der Waals surface area contributed by atoms with Gasteiger partial charge in [-0.05, 0) is 12.8 Å². The molecule has 0 fully saturated rings. The van der Waals surface area contributed by atoms with Gasteiger partial charge < -0.3 is 5.84 Å². The summed E-state index contributed by atoms with van der Waals surface area (Å²) in [6, 6.07) is 0. The van der Waals surface area contributed by atoms with Gasteiger partial charge in [-0.2, -0.15) is 0 Å². The van der Waals surface area contributed by atoms with Crippen molar-refractivity contribution in [3.05, 3.63) is 5.82 Å². The average molecular weight is 200 g/mol. The van der Waals surface area contributed by atoms with Crippen molar-refractivity contribution in [3.63, 3.8) is 0 Å². The molecule has 0 aliphatic carbocycles. The minimum atomic E-state index is 0.824. The first kappa shape index (κ1) is 10.4. The van der Waals surface area contributed by atoms with Crippen LogP contribution in [0.2, 0.25) is 0 Å². The third-order valence-electron chi connectivity index (χ3n) is 1.64. The van der Waals surface area contributed by atoms with Gasteiger partial charge >= 0.3 is 0 Å². The Kier molecular flexibility index (Phi) is 4.08. The maximum absolute atomic E-state index is 5.80. The molecule has 1 aromatic rings. The molecule has 0 saturated carbocycles. The third kappa shape index (κ3) is 2.62. The zero-order valence-corrected chi connectivity index (χ0v) is 8.97. The fourth-order valence-corrected chi connectivity index (χ4v) is 1.72. The Morgan fingerprint density at radius 1 is 1.31 bits per heavy atom. The second-order valence-electron chi connectivity index (χ2n) is 2.87. The molecule has 0 atom stereocenters. The lowest BCUT2D eigenvalue weighted by molar-refractivity contribution is 0.756. The predicted octanol–water partition coefficient (Wildman–Crippen LogP) is 1.45. The summed E-state index contributed by atoms with van der Waals surface area (Å²) in [5, 5.41) is 8.87. The molecule has 0 unspecified atom stereocenters. The smallest absolute Gasteiger partial charge is 0.209 e. The first-order valence-corrected chi connectivity index (χ1v) is 5.60. The van der Waals surface area contributed by atoms with Crippen LogP contribution in [0.5, 0.6) is 0 Å². The van der Waals surface area contributed by atoms with E-state index in [0.717, 1.165) is 36.0 Å². The minimum Gasteiger partial charge on any atom is -0.336 e. The number of aromatic nitrogens is 3. The van der Waals surface area contributed by atoms with E-state index in [1.807, 2.05) is 0 Å². The second-order valence-corrected chi connectivity index (χ2v) is 3.93. The molecular formula is C8H16N4S. The lowest BCUT2D eigenvalue weighted by atomic mass is 10.3. The molecule has 0 aliphatic rings. The van der Waals surface area contributed by atoms with Crippen LogP contribution in [0, 0.1) is 0 Å². The molecule has 1 rings (SSSR count). The monoisotopic (exact) mass is 200 g/mol. The van der Waals surface area contributed by atoms with E-state index in [0.29, 0.717) is 0 Å². The van der Waals surface area contributed by atoms with Crippen molar-refractivity contribution in [2.24, 2.45) is 0 Å². The Balaban J connectivity index is 2.62. The molecule has 4 nitrogen and oxygen atoms in total. The fourth-order valence-electron chi connectivity index (χ4n) is 0.993. The highest BCUT2D eigenvalue weighted by molar-refractivity contribution is 7.99. The van der Waals surface area contributed by atoms with E-state index in [1.165, 1.54) is 0 Å². The van der Waals surface area contributed by atoms with Crippen LogP contribution in [-0.4, -0.2) is 20.6 Å². The molecule has 1 heterocycles. The molecule has 0 saturated heterocycles. The minimum absolute atomic E-state index is 0.824. The van der Waals surface area contributed by atoms with Crippen molar-refractivity contribution in [1.29, 1.82) is 0 Å². The largest absolute Gasteiger partial charge is 0.336 e. The molecule has 13 heavy (non-hydrogen) atoms. The lowest BCUT2D eigenvalue weighted by Gasteiger charge is -2.00. The number of hydrogen-bond acceptors (Lipinski definition) is 4. The molecule has 0 radical (unpaired) electrons. The van der Waals surface area contributed by atoms with E-state index in [2.05, 4.69) is 24.0 Å². The predicted molar refractivity (Wildman–Crippen MR) is 55.2 cm³/mol. The van der Waals surface area contributed by atoms with Crippen LogP contribution in [-0.2, 0) is 6.42 Å². The van der Waals surface area contributed by atoms with E-state index in [4.69, 9.17) is 5.84 Å². The summed E-state index contributed by atoms with van der Waals surface area (Å²) in [5.74, 6) is 7.72. The van der Waals surface area contributed by atoms with Gasteiger partial charge in [-0.15, -0.1) is 10.2 Å². The molecule has 74 valence electrons. The summed E-state index contributed by atoms with van der Waals surface area (Å²) in [4.78, 5) is 0. The first-order valence-electron chi connectivity index (χ1n) is 4.61. The number of nitrogens with zero attached hydrogens (tertiary/aromatic N) is 3. The molecule has 1 aromatic heterocycles. The molecule has 5 heteroatoms. The maximum Gasteiger partial charge on any atom is 0.209 e. The number of rotatable bonds is 5. The average Bonchev–Trinajstić information content (AvgIpc) is 2.46. The van der Waals surface area contributed by atoms with Crippen molar-refractivity contribution >= 4 is 11.8 Å². The zero-order chi connectivity index (χ0) is 9.68. The molecule has 0 spiro atoms. The van der Waals surface area contributed by atoms with Crippen LogP contribution >= 0.6 is 11.8 Å². The molecular weight excluding hydrogens is 184 g/mol. The van der Waals surface area contributed by atoms with Crippen molar-refractivity contribution < 1.29 is 0 Å². The van der Waals surface area contributed by atoms with E-state index in [1.54, 1.807) is 16.4 Å². The molecule has 0 amide bonds. The van der Waals surface area contributed by atoms with Gasteiger partial charge in [0.25, 0.3) is 0 Å². The van der Waals surface area contributed by atoms with Crippen molar-refractivity contribution in [2.45, 2.75) is 38.3 Å². The first-order chi connectivity index (χ1) is 6.29. The van der Waals surface area contributed by atoms with Gasteiger partial charge in [-0.25, -0.2) is 4.68 Å². The van der Waals surface area contributed by atoms with Gasteiger partial charge in [0.2, 0.25) is 5.16 Å². The summed E-state index contributed by atoms with van der Waals surface area (Å²) in [7, 11) is 0. The third-order valence-corrected chi connectivity index (χ3v) is 2.79. The molecule has 0 bridgehead atoms. The number of nitrogens with two attached hydrogens (primary N) is 1. The highest BCUT2D eigenvalue weighted by atomic mass is 32.2. The van der Waals surface area contributed by atoms with Crippen LogP contribution in [0.4, 0.5) is 0 Å². The zero-order valence-electron chi connectivity index (χ0n) is 8.16. The van der Waals surface area contributed by atoms with E-state index in [-0.39, 0.29) is 0 Å². The Morgan fingerprint density at radius 2 is 2.08 bits per heavy atom. The van der Waals surface area contributed by atoms with Crippen LogP contribution in [0.15, 0.2) is 5.16 Å². The summed E-state index contributed by atoms with van der Waals surface area (Å²) >= 11 is 1.66. The number of nitrogen functional groups attached to an aromatic ring is 1. The number of thioether (sulfide) groups is 1. The maximum atomic E-state index is 5.80. The van der Waals surface area contributed by atoms with E-state index < -0.39 is 0 Å². The summed E-state index contributed by atoms with van der Waals surface area (Å²) in [6.45, 7) is 4.24. The highest BCUT2D eigenvalue weighted by Gasteiger charge is 2.07. The Morgan fingerprint density at radius 3 is 2.69 bits per heavy atom. The summed E-state index contributed by atoms with van der Waals surface area (Å²) in [5.41, 5.74) is 0. The van der Waals surface area contributed by atoms with Crippen LogP contribution in [0.3, 0.4) is 0 Å². The fraction of sp³-hybridized carbons (Fsp3) is 0.750. The summed E-state index contributed by atoms with van der Waals surface area (Å²) < 4.78 is 1.60. The van der Waals surface area contributed by atoms with Gasteiger partial charge in [-0.1, -0.05) is 25.6 Å². The Hall–Kier alpha value is -0.710. The van der Waals surface area contributed by atoms with Gasteiger partial charge in [0, 0.05) is 12.2 Å². The Labute approximate surface area is 82.9 Å². The normalized spacial score (nSPS) is 10.6. The SMILES string of the molecule is CCCSc1nnc(CCC)n1N. The number of hydrogen-bond donors (Lipinski definition) is 1. The van der Waals surface area contributed by atoms with Crippen molar-refractivity contribution in [1.82, 2.24) is 14.9 Å². The number of aryl methyl sites for hydroxylation is 1. The highest BCUT2D eigenvalue weighted by Crippen LogP contribution is 2.15. The lowest BCUT2D eigenvalue weighted by Crippen LogP contribution is -2.13. The summed E-state index contributed by atoms with van der Waals surface area (Å²) in [6.07, 6.45) is 3.07. The van der Waals surface area contributed by atoms with Crippen LogP contribution in [0.25, 0.3) is 0 Å². The Bertz CT molecular complexity index is 259. The van der Waals surface area contributed by atoms with Crippen molar-refractivity contribution in [2.75, 3.05) is 11.6 Å². The molecule has 0 aromatic carbocycles. The van der Waals surface area contributed by atoms with E-state index in [9.17, 15) is 0 Å². The quantitative estimate of drug-likeness (QED) is 0.577. The molecule has 0 aliphatic heterocycles. The van der Waals surface area contributed by atoms with Gasteiger partial charge in [-0.3, -0.25) is 0 Å². The van der Waals surface area contributed by atoms with Gasteiger partial charge in [0.15, 0.2) is 5.82 Å². The van der Waals surface area contributed by atoms with Gasteiger partial charge in [0.1, 0.15) is 0 Å². The van der Waals surface area contributed by atoms with Crippen LogP contribution in [0.1, 0.15) is 32.5 Å².